The van der Waals surface area contributed by atoms with Gasteiger partial charge in [-0.2, -0.15) is 0 Å². The van der Waals surface area contributed by atoms with Crippen LogP contribution in [0.4, 0.5) is 0 Å². The lowest BCUT2D eigenvalue weighted by Gasteiger charge is -2.32. The number of nitrogens with zero attached hydrogens (tertiary/aromatic N) is 1. The highest BCUT2D eigenvalue weighted by molar-refractivity contribution is 7.99. The lowest BCUT2D eigenvalue weighted by molar-refractivity contribution is -0.141. The fourth-order valence-electron chi connectivity index (χ4n) is 3.87. The molecule has 0 fully saturated rings. The molecule has 0 bridgehead atoms. The maximum Gasteiger partial charge on any atom is 0.243 e. The highest BCUT2D eigenvalue weighted by Crippen LogP contribution is 2.24. The Labute approximate surface area is 234 Å². The number of nitrogens with one attached hydrogen (secondary N) is 1. The first-order chi connectivity index (χ1) is 17.8. The zero-order chi connectivity index (χ0) is 26.6. The molecule has 2 amide bonds. The largest absolute Gasteiger partial charge is 0.354 e. The highest BCUT2D eigenvalue weighted by Gasteiger charge is 2.30. The van der Waals surface area contributed by atoms with E-state index in [1.54, 1.807) is 16.7 Å². The minimum absolute atomic E-state index is 0.0581. The van der Waals surface area contributed by atoms with Gasteiger partial charge in [-0.15, -0.1) is 11.8 Å². The van der Waals surface area contributed by atoms with Crippen LogP contribution in [0.25, 0.3) is 0 Å². The fourth-order valence-corrected chi connectivity index (χ4v) is 5.05. The van der Waals surface area contributed by atoms with Gasteiger partial charge in [0.1, 0.15) is 6.04 Å². The van der Waals surface area contributed by atoms with E-state index in [0.29, 0.717) is 41.8 Å². The maximum atomic E-state index is 13.7. The molecule has 1 N–H and O–H groups in total. The maximum absolute atomic E-state index is 13.7. The smallest absolute Gasteiger partial charge is 0.243 e. The summed E-state index contributed by atoms with van der Waals surface area (Å²) in [6.45, 7) is 4.93. The molecule has 1 atom stereocenters. The van der Waals surface area contributed by atoms with E-state index in [-0.39, 0.29) is 18.4 Å². The summed E-state index contributed by atoms with van der Waals surface area (Å²) in [7, 11) is 0. The Morgan fingerprint density at radius 3 is 2.27 bits per heavy atom. The van der Waals surface area contributed by atoms with Gasteiger partial charge in [0.05, 0.1) is 0 Å². The van der Waals surface area contributed by atoms with Crippen molar-refractivity contribution in [2.75, 3.05) is 12.3 Å². The van der Waals surface area contributed by atoms with Gasteiger partial charge in [-0.05, 0) is 59.6 Å². The van der Waals surface area contributed by atoms with Crippen molar-refractivity contribution in [3.8, 4) is 0 Å². The van der Waals surface area contributed by atoms with Gasteiger partial charge in [-0.3, -0.25) is 9.59 Å². The molecule has 0 heterocycles. The van der Waals surface area contributed by atoms with Crippen molar-refractivity contribution in [2.24, 2.45) is 5.92 Å². The molecule has 0 saturated carbocycles. The van der Waals surface area contributed by atoms with Crippen LogP contribution in [0.15, 0.2) is 83.8 Å². The molecule has 0 aliphatic rings. The first kappa shape index (κ1) is 29.1. The van der Waals surface area contributed by atoms with Crippen LogP contribution in [-0.4, -0.2) is 35.1 Å². The number of carbonyl (C=O) groups is 2. The van der Waals surface area contributed by atoms with Crippen molar-refractivity contribution < 1.29 is 9.59 Å². The van der Waals surface area contributed by atoms with Gasteiger partial charge in [0.15, 0.2) is 0 Å². The second kappa shape index (κ2) is 15.1. The van der Waals surface area contributed by atoms with Crippen LogP contribution in [0.3, 0.4) is 0 Å². The zero-order valence-corrected chi connectivity index (χ0v) is 23.7. The SMILES string of the molecule is CC(C)CNC(=O)[C@H](Cc1ccccc1)N(Cc1ccccc1Cl)C(=O)CCCSc1ccc(Cl)cc1. The normalized spacial score (nSPS) is 11.8. The van der Waals surface area contributed by atoms with Gasteiger partial charge in [-0.1, -0.05) is 85.6 Å². The molecule has 3 aromatic rings. The third-order valence-electron chi connectivity index (χ3n) is 5.87. The van der Waals surface area contributed by atoms with Crippen LogP contribution in [-0.2, 0) is 22.6 Å². The average molecular weight is 558 g/mol. The molecule has 7 heteroatoms. The lowest BCUT2D eigenvalue weighted by atomic mass is 10.0. The Morgan fingerprint density at radius 1 is 0.919 bits per heavy atom. The standard InChI is InChI=1S/C30H34Cl2N2O2S/c1-22(2)20-33-30(36)28(19-23-9-4-3-5-10-23)34(21-24-11-6-7-12-27(24)32)29(35)13-8-18-37-26-16-14-25(31)15-17-26/h3-7,9-12,14-17,22,28H,8,13,18-21H2,1-2H3,(H,33,36)/t28-/m0/s1. The second-order valence-electron chi connectivity index (χ2n) is 9.36. The molecule has 0 unspecified atom stereocenters. The minimum atomic E-state index is -0.645. The Hall–Kier alpha value is -2.47. The zero-order valence-electron chi connectivity index (χ0n) is 21.3. The summed E-state index contributed by atoms with van der Waals surface area (Å²) in [5.74, 6) is 0.889. The van der Waals surface area contributed by atoms with E-state index in [1.807, 2.05) is 78.9 Å². The predicted octanol–water partition coefficient (Wildman–Crippen LogP) is 7.28. The van der Waals surface area contributed by atoms with Gasteiger partial charge in [-0.25, -0.2) is 0 Å². The molecule has 196 valence electrons. The summed E-state index contributed by atoms with van der Waals surface area (Å²) in [4.78, 5) is 29.9. The summed E-state index contributed by atoms with van der Waals surface area (Å²) in [6, 6.07) is 24.4. The van der Waals surface area contributed by atoms with Crippen LogP contribution in [0.5, 0.6) is 0 Å². The number of hydrogen-bond acceptors (Lipinski definition) is 3. The average Bonchev–Trinajstić information content (AvgIpc) is 2.89. The third kappa shape index (κ3) is 9.73. The van der Waals surface area contributed by atoms with Crippen LogP contribution >= 0.6 is 35.0 Å². The summed E-state index contributed by atoms with van der Waals surface area (Å²) in [5.41, 5.74) is 1.82. The van der Waals surface area contributed by atoms with Crippen molar-refractivity contribution in [1.29, 1.82) is 0 Å². The molecule has 0 spiro atoms. The van der Waals surface area contributed by atoms with E-state index in [2.05, 4.69) is 19.2 Å². The number of hydrogen-bond donors (Lipinski definition) is 1. The Kier molecular flexibility index (Phi) is 11.8. The van der Waals surface area contributed by atoms with Crippen molar-refractivity contribution in [3.05, 3.63) is 100 Å². The Morgan fingerprint density at radius 2 is 1.59 bits per heavy atom. The second-order valence-corrected chi connectivity index (χ2v) is 11.4. The van der Waals surface area contributed by atoms with Crippen molar-refractivity contribution in [2.45, 2.75) is 50.6 Å². The molecule has 0 radical (unpaired) electrons. The molecule has 4 nitrogen and oxygen atoms in total. The quantitative estimate of drug-likeness (QED) is 0.178. The van der Waals surface area contributed by atoms with E-state index in [1.165, 1.54) is 0 Å². The van der Waals surface area contributed by atoms with Gasteiger partial charge < -0.3 is 10.2 Å². The van der Waals surface area contributed by atoms with Gasteiger partial charge in [0, 0.05) is 40.9 Å². The predicted molar refractivity (Wildman–Crippen MR) is 155 cm³/mol. The lowest BCUT2D eigenvalue weighted by Crippen LogP contribution is -2.51. The molecular formula is C30H34Cl2N2O2S. The Balaban J connectivity index is 1.79. The number of carbonyl (C=O) groups excluding carboxylic acids is 2. The van der Waals surface area contributed by atoms with E-state index < -0.39 is 6.04 Å². The summed E-state index contributed by atoms with van der Waals surface area (Å²) in [5, 5.41) is 4.34. The number of benzene rings is 3. The van der Waals surface area contributed by atoms with E-state index >= 15 is 0 Å². The molecule has 0 aliphatic heterocycles. The van der Waals surface area contributed by atoms with E-state index in [4.69, 9.17) is 23.2 Å². The highest BCUT2D eigenvalue weighted by atomic mass is 35.5. The van der Waals surface area contributed by atoms with Gasteiger partial charge >= 0.3 is 0 Å². The number of halogens is 2. The number of amides is 2. The van der Waals surface area contributed by atoms with Crippen LogP contribution < -0.4 is 5.32 Å². The van der Waals surface area contributed by atoms with Gasteiger partial charge in [0.2, 0.25) is 11.8 Å². The van der Waals surface area contributed by atoms with Crippen molar-refractivity contribution >= 4 is 46.8 Å². The fraction of sp³-hybridized carbons (Fsp3) is 0.333. The molecule has 37 heavy (non-hydrogen) atoms. The number of rotatable bonds is 13. The first-order valence-corrected chi connectivity index (χ1v) is 14.3. The molecule has 0 aliphatic carbocycles. The topological polar surface area (TPSA) is 49.4 Å². The van der Waals surface area contributed by atoms with E-state index in [9.17, 15) is 9.59 Å². The molecule has 3 aromatic carbocycles. The Bertz CT molecular complexity index is 1140. The third-order valence-corrected chi connectivity index (χ3v) is 7.59. The van der Waals surface area contributed by atoms with Crippen LogP contribution in [0.1, 0.15) is 37.8 Å². The summed E-state index contributed by atoms with van der Waals surface area (Å²) < 4.78 is 0. The molecule has 3 rings (SSSR count). The summed E-state index contributed by atoms with van der Waals surface area (Å²) in [6.07, 6.45) is 1.46. The van der Waals surface area contributed by atoms with Crippen LogP contribution in [0, 0.1) is 5.92 Å². The molecule has 0 aromatic heterocycles. The monoisotopic (exact) mass is 556 g/mol. The van der Waals surface area contributed by atoms with Crippen molar-refractivity contribution in [1.82, 2.24) is 10.2 Å². The number of thioether (sulfide) groups is 1. The van der Waals surface area contributed by atoms with E-state index in [0.717, 1.165) is 21.8 Å². The molecule has 0 saturated heterocycles. The first-order valence-electron chi connectivity index (χ1n) is 12.6. The van der Waals surface area contributed by atoms with Crippen molar-refractivity contribution in [3.63, 3.8) is 0 Å². The minimum Gasteiger partial charge on any atom is -0.354 e. The van der Waals surface area contributed by atoms with Gasteiger partial charge in [0.25, 0.3) is 0 Å². The molecular weight excluding hydrogens is 523 g/mol. The van der Waals surface area contributed by atoms with Crippen LogP contribution in [0.2, 0.25) is 10.0 Å². The summed E-state index contributed by atoms with van der Waals surface area (Å²) >= 11 is 14.1.